The van der Waals surface area contributed by atoms with Gasteiger partial charge in [-0.3, -0.25) is 14.4 Å². The zero-order chi connectivity index (χ0) is 40.8. The molecule has 1 unspecified atom stereocenters. The summed E-state index contributed by atoms with van der Waals surface area (Å²) in [6, 6.07) is 0. The standard InChI is InChI=1S/C50H88O6/c1-4-7-10-13-16-19-22-25-26-29-31-34-37-40-43-49(52)55-46-47(56-50(53)44-41-38-35-32-28-24-21-18-15-12-9-6-3)45-54-48(51)42-39-36-33-30-27-23-20-17-14-11-8-5-2/h8-9,11-12,17-18,20-21,47H,4-7,10,13-16,19,22-46H2,1-3H3/b11-8-,12-9-,20-17-,21-18-. The first kappa shape index (κ1) is 53.4. The van der Waals surface area contributed by atoms with Gasteiger partial charge in [0.2, 0.25) is 0 Å². The van der Waals surface area contributed by atoms with Crippen molar-refractivity contribution in [2.45, 2.75) is 239 Å². The molecule has 324 valence electrons. The number of allylic oxidation sites excluding steroid dienone is 8. The van der Waals surface area contributed by atoms with Gasteiger partial charge in [0.25, 0.3) is 0 Å². The van der Waals surface area contributed by atoms with Gasteiger partial charge in [0.05, 0.1) is 0 Å². The second kappa shape index (κ2) is 45.1. The molecule has 0 fully saturated rings. The van der Waals surface area contributed by atoms with Gasteiger partial charge in [-0.15, -0.1) is 0 Å². The van der Waals surface area contributed by atoms with Gasteiger partial charge in [-0.05, 0) is 70.6 Å². The summed E-state index contributed by atoms with van der Waals surface area (Å²) < 4.78 is 16.7. The maximum absolute atomic E-state index is 12.7. The minimum absolute atomic E-state index is 0.0818. The Bertz CT molecular complexity index is 996. The topological polar surface area (TPSA) is 78.9 Å². The van der Waals surface area contributed by atoms with Crippen LogP contribution in [0.1, 0.15) is 233 Å². The van der Waals surface area contributed by atoms with E-state index in [0.717, 1.165) is 116 Å². The number of hydrogen-bond acceptors (Lipinski definition) is 6. The summed E-state index contributed by atoms with van der Waals surface area (Å²) in [7, 11) is 0. The molecule has 0 bridgehead atoms. The van der Waals surface area contributed by atoms with E-state index in [2.05, 4.69) is 69.4 Å². The molecule has 0 saturated carbocycles. The molecule has 1 atom stereocenters. The first-order valence-electron chi connectivity index (χ1n) is 23.6. The summed E-state index contributed by atoms with van der Waals surface area (Å²) in [5.41, 5.74) is 0. The van der Waals surface area contributed by atoms with Gasteiger partial charge in [-0.2, -0.15) is 0 Å². The smallest absolute Gasteiger partial charge is 0.306 e. The van der Waals surface area contributed by atoms with E-state index in [1.54, 1.807) is 0 Å². The maximum atomic E-state index is 12.7. The predicted octanol–water partition coefficient (Wildman–Crippen LogP) is 15.1. The lowest BCUT2D eigenvalue weighted by Gasteiger charge is -2.18. The van der Waals surface area contributed by atoms with E-state index in [4.69, 9.17) is 14.2 Å². The van der Waals surface area contributed by atoms with Crippen molar-refractivity contribution in [1.29, 1.82) is 0 Å². The molecule has 0 aliphatic heterocycles. The van der Waals surface area contributed by atoms with Crippen LogP contribution in [0, 0.1) is 0 Å². The predicted molar refractivity (Wildman–Crippen MR) is 238 cm³/mol. The molecule has 0 aromatic carbocycles. The SMILES string of the molecule is CC/C=C\C/C=C\CCCCCCCC(=O)OCC(COC(=O)CCCCCCCCCCCCCCCC)OC(=O)CCCCCCC/C=C\C/C=C\CC. The molecule has 0 N–H and O–H groups in total. The van der Waals surface area contributed by atoms with Crippen LogP contribution in [0.2, 0.25) is 0 Å². The molecule has 6 heteroatoms. The minimum Gasteiger partial charge on any atom is -0.462 e. The molecular weight excluding hydrogens is 697 g/mol. The van der Waals surface area contributed by atoms with E-state index in [9.17, 15) is 14.4 Å². The molecular formula is C50H88O6. The van der Waals surface area contributed by atoms with Crippen LogP contribution in [-0.2, 0) is 28.6 Å². The van der Waals surface area contributed by atoms with Gasteiger partial charge < -0.3 is 14.2 Å². The lowest BCUT2D eigenvalue weighted by Crippen LogP contribution is -2.30. The number of ether oxygens (including phenoxy) is 3. The fourth-order valence-corrected chi connectivity index (χ4v) is 6.58. The van der Waals surface area contributed by atoms with Crippen LogP contribution in [0.5, 0.6) is 0 Å². The Morgan fingerprint density at radius 2 is 0.696 bits per heavy atom. The van der Waals surface area contributed by atoms with Gasteiger partial charge in [-0.1, -0.05) is 191 Å². The Morgan fingerprint density at radius 3 is 1.07 bits per heavy atom. The number of carbonyl (C=O) groups excluding carboxylic acids is 3. The third kappa shape index (κ3) is 42.5. The maximum Gasteiger partial charge on any atom is 0.306 e. The summed E-state index contributed by atoms with van der Waals surface area (Å²) in [5, 5.41) is 0. The highest BCUT2D eigenvalue weighted by atomic mass is 16.6. The van der Waals surface area contributed by atoms with Crippen molar-refractivity contribution < 1.29 is 28.6 Å². The van der Waals surface area contributed by atoms with Gasteiger partial charge in [0.1, 0.15) is 13.2 Å². The number of rotatable bonds is 42. The van der Waals surface area contributed by atoms with E-state index >= 15 is 0 Å². The number of unbranched alkanes of at least 4 members (excludes halogenated alkanes) is 23. The quantitative estimate of drug-likeness (QED) is 0.0265. The van der Waals surface area contributed by atoms with Crippen LogP contribution < -0.4 is 0 Å². The fourth-order valence-electron chi connectivity index (χ4n) is 6.58. The summed E-state index contributed by atoms with van der Waals surface area (Å²) in [6.45, 7) is 6.39. The highest BCUT2D eigenvalue weighted by molar-refractivity contribution is 5.71. The second-order valence-electron chi connectivity index (χ2n) is 15.6. The Labute approximate surface area is 346 Å². The Hall–Kier alpha value is -2.63. The van der Waals surface area contributed by atoms with Gasteiger partial charge in [-0.25, -0.2) is 0 Å². The fraction of sp³-hybridized carbons (Fsp3) is 0.780. The molecule has 0 spiro atoms. The van der Waals surface area contributed by atoms with Crippen molar-refractivity contribution in [3.8, 4) is 0 Å². The number of hydrogen-bond donors (Lipinski definition) is 0. The zero-order valence-corrected chi connectivity index (χ0v) is 36.9. The lowest BCUT2D eigenvalue weighted by molar-refractivity contribution is -0.167. The average Bonchev–Trinajstić information content (AvgIpc) is 3.19. The van der Waals surface area contributed by atoms with Crippen molar-refractivity contribution in [3.05, 3.63) is 48.6 Å². The number of carbonyl (C=O) groups is 3. The molecule has 0 heterocycles. The van der Waals surface area contributed by atoms with E-state index < -0.39 is 6.10 Å². The van der Waals surface area contributed by atoms with E-state index in [1.807, 2.05) is 0 Å². The Morgan fingerprint density at radius 1 is 0.375 bits per heavy atom. The molecule has 0 rings (SSSR count). The van der Waals surface area contributed by atoms with Crippen LogP contribution >= 0.6 is 0 Å². The van der Waals surface area contributed by atoms with Crippen molar-refractivity contribution in [2.75, 3.05) is 13.2 Å². The third-order valence-corrected chi connectivity index (χ3v) is 10.1. The molecule has 0 radical (unpaired) electrons. The van der Waals surface area contributed by atoms with Gasteiger partial charge in [0, 0.05) is 19.3 Å². The van der Waals surface area contributed by atoms with E-state index in [0.29, 0.717) is 19.3 Å². The van der Waals surface area contributed by atoms with E-state index in [-0.39, 0.29) is 31.1 Å². The molecule has 56 heavy (non-hydrogen) atoms. The van der Waals surface area contributed by atoms with Crippen LogP contribution in [-0.4, -0.2) is 37.2 Å². The largest absolute Gasteiger partial charge is 0.462 e. The van der Waals surface area contributed by atoms with Crippen LogP contribution in [0.25, 0.3) is 0 Å². The van der Waals surface area contributed by atoms with Crippen molar-refractivity contribution in [1.82, 2.24) is 0 Å². The van der Waals surface area contributed by atoms with Gasteiger partial charge >= 0.3 is 17.9 Å². The molecule has 0 aliphatic rings. The van der Waals surface area contributed by atoms with Crippen LogP contribution in [0.15, 0.2) is 48.6 Å². The summed E-state index contributed by atoms with van der Waals surface area (Å²) in [5.74, 6) is -0.910. The minimum atomic E-state index is -0.781. The molecule has 0 aromatic heterocycles. The number of esters is 3. The monoisotopic (exact) mass is 785 g/mol. The molecule has 6 nitrogen and oxygen atoms in total. The van der Waals surface area contributed by atoms with Crippen molar-refractivity contribution >= 4 is 17.9 Å². The van der Waals surface area contributed by atoms with Crippen molar-refractivity contribution in [2.24, 2.45) is 0 Å². The molecule has 0 saturated heterocycles. The molecule has 0 aromatic rings. The average molecular weight is 785 g/mol. The molecule has 0 aliphatic carbocycles. The first-order chi connectivity index (χ1) is 27.5. The van der Waals surface area contributed by atoms with Crippen LogP contribution in [0.3, 0.4) is 0 Å². The molecule has 0 amide bonds. The highest BCUT2D eigenvalue weighted by Gasteiger charge is 2.19. The summed E-state index contributed by atoms with van der Waals surface area (Å²) in [6.07, 6.45) is 52.4. The Balaban J connectivity index is 4.38. The zero-order valence-electron chi connectivity index (χ0n) is 36.9. The normalized spacial score (nSPS) is 12.4. The Kier molecular flexibility index (Phi) is 43.0. The lowest BCUT2D eigenvalue weighted by atomic mass is 10.0. The van der Waals surface area contributed by atoms with Crippen LogP contribution in [0.4, 0.5) is 0 Å². The second-order valence-corrected chi connectivity index (χ2v) is 15.6. The van der Waals surface area contributed by atoms with E-state index in [1.165, 1.54) is 77.0 Å². The highest BCUT2D eigenvalue weighted by Crippen LogP contribution is 2.15. The first-order valence-corrected chi connectivity index (χ1v) is 23.6. The third-order valence-electron chi connectivity index (χ3n) is 10.1. The van der Waals surface area contributed by atoms with Crippen molar-refractivity contribution in [3.63, 3.8) is 0 Å². The summed E-state index contributed by atoms with van der Waals surface area (Å²) in [4.78, 5) is 37.8. The summed E-state index contributed by atoms with van der Waals surface area (Å²) >= 11 is 0. The van der Waals surface area contributed by atoms with Gasteiger partial charge in [0.15, 0.2) is 6.10 Å².